The number of hydrogen-bond acceptors (Lipinski definition) is 12. The van der Waals surface area contributed by atoms with Crippen LogP contribution in [0, 0.1) is 0 Å². The van der Waals surface area contributed by atoms with Gasteiger partial charge in [-0.15, -0.1) is 0 Å². The van der Waals surface area contributed by atoms with Crippen molar-refractivity contribution in [2.45, 2.75) is 175 Å². The highest BCUT2D eigenvalue weighted by atomic mass is 16.7. The molecule has 0 amide bonds. The summed E-state index contributed by atoms with van der Waals surface area (Å²) in [4.78, 5) is 60.3. The number of carbonyl (C=O) groups excluding carboxylic acids is 3. The Morgan fingerprint density at radius 1 is 0.527 bits per heavy atom. The smallest absolute Gasteiger partial charge is 0.339 e. The monoisotopic (exact) mass is 767 g/mol. The molecule has 55 heavy (non-hydrogen) atoms. The van der Waals surface area contributed by atoms with Crippen molar-refractivity contribution < 1.29 is 43.1 Å². The maximum absolute atomic E-state index is 14.3. The van der Waals surface area contributed by atoms with Gasteiger partial charge in [0.25, 0.3) is 0 Å². The molecule has 3 aliphatic heterocycles. The highest BCUT2D eigenvalue weighted by Gasteiger charge is 2.57. The number of rotatable bonds is 12. The fraction of sp³-hybridized carbons (Fsp3) is 0.698. The number of hydroxylamine groups is 6. The Kier molecular flexibility index (Phi) is 11.7. The van der Waals surface area contributed by atoms with Gasteiger partial charge in [0.2, 0.25) is 0 Å². The molecule has 3 atom stereocenters. The van der Waals surface area contributed by atoms with E-state index >= 15 is 0 Å². The SMILES string of the molecule is CCON1C(C)(C)CC(OC(=O)c2ccc3c(C(=O)OC4CC(C)(C)N(OCC)C4(C)C)cc(C(=O)OC4CC(C)(C)N(OCC)C4(C)C)cc3c2)C1(C)C. The molecule has 0 saturated carbocycles. The van der Waals surface area contributed by atoms with Crippen molar-refractivity contribution in [1.29, 1.82) is 0 Å². The van der Waals surface area contributed by atoms with E-state index < -0.39 is 63.9 Å². The molecule has 0 spiro atoms. The summed E-state index contributed by atoms with van der Waals surface area (Å²) in [7, 11) is 0. The molecule has 3 fully saturated rings. The number of hydrogen-bond donors (Lipinski definition) is 0. The Balaban J connectivity index is 1.51. The van der Waals surface area contributed by atoms with Gasteiger partial charge in [-0.3, -0.25) is 14.5 Å². The van der Waals surface area contributed by atoms with Gasteiger partial charge in [0, 0.05) is 35.9 Å². The molecule has 5 rings (SSSR count). The van der Waals surface area contributed by atoms with Crippen molar-refractivity contribution in [2.75, 3.05) is 19.8 Å². The molecule has 0 N–H and O–H groups in total. The van der Waals surface area contributed by atoms with Crippen LogP contribution in [0.5, 0.6) is 0 Å². The minimum absolute atomic E-state index is 0.168. The molecule has 0 radical (unpaired) electrons. The van der Waals surface area contributed by atoms with Crippen molar-refractivity contribution in [2.24, 2.45) is 0 Å². The number of nitrogens with zero attached hydrogens (tertiary/aromatic N) is 3. The second kappa shape index (κ2) is 15.0. The van der Waals surface area contributed by atoms with Gasteiger partial charge in [-0.25, -0.2) is 14.4 Å². The fourth-order valence-electron chi connectivity index (χ4n) is 9.43. The van der Waals surface area contributed by atoms with Crippen LogP contribution in [0.3, 0.4) is 0 Å². The Bertz CT molecular complexity index is 1780. The lowest BCUT2D eigenvalue weighted by atomic mass is 9.95. The highest BCUT2D eigenvalue weighted by molar-refractivity contribution is 6.09. The van der Waals surface area contributed by atoms with Crippen molar-refractivity contribution in [1.82, 2.24) is 15.2 Å². The highest BCUT2D eigenvalue weighted by Crippen LogP contribution is 2.45. The van der Waals surface area contributed by atoms with Crippen molar-refractivity contribution in [3.05, 3.63) is 47.0 Å². The Labute approximate surface area is 327 Å². The first-order valence-corrected chi connectivity index (χ1v) is 19.9. The average Bonchev–Trinajstić information content (AvgIpc) is 3.45. The van der Waals surface area contributed by atoms with E-state index in [0.29, 0.717) is 49.9 Å². The Hall–Kier alpha value is -3.13. The maximum Gasteiger partial charge on any atom is 0.339 e. The molecule has 3 saturated heterocycles. The van der Waals surface area contributed by atoms with E-state index in [1.807, 2.05) is 77.5 Å². The van der Waals surface area contributed by atoms with E-state index in [9.17, 15) is 14.4 Å². The average molecular weight is 768 g/mol. The maximum atomic E-state index is 14.3. The number of carbonyl (C=O) groups is 3. The normalized spacial score (nSPS) is 26.6. The third-order valence-electron chi connectivity index (χ3n) is 11.8. The lowest BCUT2D eigenvalue weighted by molar-refractivity contribution is -0.243. The van der Waals surface area contributed by atoms with Crippen LogP contribution in [0.2, 0.25) is 0 Å². The first-order chi connectivity index (χ1) is 25.3. The third kappa shape index (κ3) is 7.92. The van der Waals surface area contributed by atoms with Crippen molar-refractivity contribution >= 4 is 28.7 Å². The molecule has 306 valence electrons. The van der Waals surface area contributed by atoms with Gasteiger partial charge >= 0.3 is 17.9 Å². The predicted octanol–water partition coefficient (Wildman–Crippen LogP) is 8.06. The van der Waals surface area contributed by atoms with Gasteiger partial charge in [0.1, 0.15) is 18.3 Å². The van der Waals surface area contributed by atoms with Crippen LogP contribution in [0.25, 0.3) is 10.8 Å². The summed E-state index contributed by atoms with van der Waals surface area (Å²) in [6.45, 7) is 31.6. The quantitative estimate of drug-likeness (QED) is 0.154. The molecule has 2 aromatic rings. The van der Waals surface area contributed by atoms with Crippen molar-refractivity contribution in [3.8, 4) is 0 Å². The molecule has 12 heteroatoms. The molecule has 12 nitrogen and oxygen atoms in total. The summed E-state index contributed by atoms with van der Waals surface area (Å²) >= 11 is 0. The van der Waals surface area contributed by atoms with Gasteiger partial charge in [-0.1, -0.05) is 6.07 Å². The molecular weight excluding hydrogens is 702 g/mol. The summed E-state index contributed by atoms with van der Waals surface area (Å²) < 4.78 is 18.7. The standard InChI is InChI=1S/C43H65N3O9/c1-16-50-44-38(4,5)24-32(41(44,10)11)53-35(47)27-19-20-30-28(21-27)22-29(36(48)54-33-25-39(6,7)45(51-17-2)42(33,12)13)23-31(30)37(49)55-34-26-40(8,9)46(52-18-3)43(34,14)15/h19-23,32-34H,16-18,24-26H2,1-15H3. The van der Waals surface area contributed by atoms with Crippen LogP contribution in [0.15, 0.2) is 30.3 Å². The number of ether oxygens (including phenoxy) is 3. The molecule has 2 aromatic carbocycles. The summed E-state index contributed by atoms with van der Waals surface area (Å²) in [5.74, 6) is -1.69. The summed E-state index contributed by atoms with van der Waals surface area (Å²) in [5, 5.41) is 6.79. The van der Waals surface area contributed by atoms with Crippen LogP contribution >= 0.6 is 0 Å². The van der Waals surface area contributed by atoms with Gasteiger partial charge in [0.15, 0.2) is 0 Å². The van der Waals surface area contributed by atoms with Crippen LogP contribution in [0.1, 0.15) is 154 Å². The van der Waals surface area contributed by atoms with E-state index in [4.69, 9.17) is 28.7 Å². The number of fused-ring (bicyclic) bond motifs is 1. The summed E-state index contributed by atoms with van der Waals surface area (Å²) in [6, 6.07) is 8.23. The van der Waals surface area contributed by atoms with Crippen LogP contribution in [-0.4, -0.2) is 104 Å². The summed E-state index contributed by atoms with van der Waals surface area (Å²) in [5.41, 5.74) is -2.33. The van der Waals surface area contributed by atoms with E-state index in [2.05, 4.69) is 41.5 Å². The predicted molar refractivity (Wildman–Crippen MR) is 210 cm³/mol. The van der Waals surface area contributed by atoms with Crippen LogP contribution in [0.4, 0.5) is 0 Å². The van der Waals surface area contributed by atoms with Crippen molar-refractivity contribution in [3.63, 3.8) is 0 Å². The summed E-state index contributed by atoms with van der Waals surface area (Å²) in [6.07, 6.45) is 0.198. The third-order valence-corrected chi connectivity index (χ3v) is 11.8. The molecule has 3 unspecified atom stereocenters. The molecular formula is C43H65N3O9. The minimum Gasteiger partial charge on any atom is -0.457 e. The molecule has 0 aliphatic carbocycles. The number of esters is 3. The van der Waals surface area contributed by atoms with Gasteiger partial charge in [-0.05, 0) is 139 Å². The zero-order valence-electron chi connectivity index (χ0n) is 35.9. The van der Waals surface area contributed by atoms with Gasteiger partial charge in [-0.2, -0.15) is 15.2 Å². The van der Waals surface area contributed by atoms with Gasteiger partial charge in [0.05, 0.1) is 53.1 Å². The topological polar surface area (TPSA) is 116 Å². The fourth-order valence-corrected chi connectivity index (χ4v) is 9.43. The van der Waals surface area contributed by atoms with E-state index in [1.54, 1.807) is 24.3 Å². The lowest BCUT2D eigenvalue weighted by Crippen LogP contribution is -2.51. The number of benzene rings is 2. The Morgan fingerprint density at radius 2 is 0.873 bits per heavy atom. The minimum atomic E-state index is -0.633. The zero-order valence-corrected chi connectivity index (χ0v) is 35.9. The first kappa shape index (κ1) is 43.0. The van der Waals surface area contributed by atoms with Crippen LogP contribution in [-0.2, 0) is 28.7 Å². The van der Waals surface area contributed by atoms with Gasteiger partial charge < -0.3 is 14.2 Å². The molecule has 0 aromatic heterocycles. The Morgan fingerprint density at radius 3 is 1.25 bits per heavy atom. The first-order valence-electron chi connectivity index (χ1n) is 19.9. The van der Waals surface area contributed by atoms with Crippen LogP contribution < -0.4 is 0 Å². The second-order valence-electron chi connectivity index (χ2n) is 18.8. The molecule has 3 heterocycles. The van der Waals surface area contributed by atoms with E-state index in [1.165, 1.54) is 6.07 Å². The van der Waals surface area contributed by atoms with E-state index in [-0.39, 0.29) is 22.2 Å². The zero-order chi connectivity index (χ0) is 41.1. The van der Waals surface area contributed by atoms with E-state index in [0.717, 1.165) is 0 Å². The largest absolute Gasteiger partial charge is 0.457 e. The molecule has 3 aliphatic rings. The second-order valence-corrected chi connectivity index (χ2v) is 18.8. The molecule has 0 bridgehead atoms. The lowest BCUT2D eigenvalue weighted by Gasteiger charge is -2.39.